The standard InChI is InChI=1S/C19H22N2O2/c22-19(14-20-15-8-4-5-9-15)21-17-12-6-7-13-18(17)23-16-10-2-1-3-11-16/h1-3,6-7,10-13,15,20H,4-5,8-9,14H2,(H,21,22). The number of benzene rings is 2. The topological polar surface area (TPSA) is 50.4 Å². The summed E-state index contributed by atoms with van der Waals surface area (Å²) in [5.74, 6) is 1.35. The smallest absolute Gasteiger partial charge is 0.238 e. The molecular formula is C19H22N2O2. The molecule has 0 bridgehead atoms. The Morgan fingerprint density at radius 2 is 1.70 bits per heavy atom. The summed E-state index contributed by atoms with van der Waals surface area (Å²) >= 11 is 0. The third kappa shape index (κ3) is 4.57. The summed E-state index contributed by atoms with van der Waals surface area (Å²) in [4.78, 5) is 12.1. The number of anilines is 1. The lowest BCUT2D eigenvalue weighted by Crippen LogP contribution is -2.34. The van der Waals surface area contributed by atoms with Gasteiger partial charge in [0.25, 0.3) is 0 Å². The molecule has 0 aliphatic heterocycles. The highest BCUT2D eigenvalue weighted by Gasteiger charge is 2.15. The third-order valence-electron chi connectivity index (χ3n) is 4.04. The molecular weight excluding hydrogens is 288 g/mol. The first-order valence-electron chi connectivity index (χ1n) is 8.16. The maximum Gasteiger partial charge on any atom is 0.238 e. The van der Waals surface area contributed by atoms with Gasteiger partial charge in [0.1, 0.15) is 5.75 Å². The van der Waals surface area contributed by atoms with Crippen LogP contribution >= 0.6 is 0 Å². The van der Waals surface area contributed by atoms with Gasteiger partial charge in [0.05, 0.1) is 12.2 Å². The fourth-order valence-electron chi connectivity index (χ4n) is 2.84. The van der Waals surface area contributed by atoms with E-state index in [0.29, 0.717) is 24.0 Å². The van der Waals surface area contributed by atoms with Gasteiger partial charge in [-0.25, -0.2) is 0 Å². The van der Waals surface area contributed by atoms with Gasteiger partial charge in [0.2, 0.25) is 5.91 Å². The lowest BCUT2D eigenvalue weighted by atomic mass is 10.2. The van der Waals surface area contributed by atoms with Crippen LogP contribution in [0.4, 0.5) is 5.69 Å². The lowest BCUT2D eigenvalue weighted by molar-refractivity contribution is -0.115. The van der Waals surface area contributed by atoms with Gasteiger partial charge in [-0.2, -0.15) is 0 Å². The highest BCUT2D eigenvalue weighted by molar-refractivity contribution is 5.93. The molecule has 2 aromatic carbocycles. The van der Waals surface area contributed by atoms with E-state index in [0.717, 1.165) is 5.75 Å². The Hall–Kier alpha value is -2.33. The SMILES string of the molecule is O=C(CNC1CCCC1)Nc1ccccc1Oc1ccccc1. The van der Waals surface area contributed by atoms with E-state index in [1.807, 2.05) is 54.6 Å². The number of ether oxygens (including phenoxy) is 1. The predicted molar refractivity (Wildman–Crippen MR) is 91.8 cm³/mol. The Morgan fingerprint density at radius 1 is 1.00 bits per heavy atom. The zero-order chi connectivity index (χ0) is 15.9. The van der Waals surface area contributed by atoms with E-state index >= 15 is 0 Å². The Balaban J connectivity index is 1.59. The van der Waals surface area contributed by atoms with Crippen LogP contribution in [0.5, 0.6) is 11.5 Å². The van der Waals surface area contributed by atoms with E-state index in [4.69, 9.17) is 4.74 Å². The first kappa shape index (κ1) is 15.6. The largest absolute Gasteiger partial charge is 0.455 e. The number of carbonyl (C=O) groups is 1. The Kier molecular flexibility index (Phi) is 5.27. The summed E-state index contributed by atoms with van der Waals surface area (Å²) < 4.78 is 5.85. The summed E-state index contributed by atoms with van der Waals surface area (Å²) in [7, 11) is 0. The van der Waals surface area contributed by atoms with Gasteiger partial charge in [0, 0.05) is 6.04 Å². The van der Waals surface area contributed by atoms with Gasteiger partial charge in [-0.15, -0.1) is 0 Å². The molecule has 0 atom stereocenters. The monoisotopic (exact) mass is 310 g/mol. The van der Waals surface area contributed by atoms with E-state index in [9.17, 15) is 4.79 Å². The third-order valence-corrected chi connectivity index (χ3v) is 4.04. The maximum absolute atomic E-state index is 12.1. The molecule has 1 fully saturated rings. The first-order valence-corrected chi connectivity index (χ1v) is 8.16. The van der Waals surface area contributed by atoms with E-state index in [-0.39, 0.29) is 5.91 Å². The molecule has 4 nitrogen and oxygen atoms in total. The Bertz CT molecular complexity index is 637. The summed E-state index contributed by atoms with van der Waals surface area (Å²) in [5.41, 5.74) is 0.689. The highest BCUT2D eigenvalue weighted by atomic mass is 16.5. The molecule has 1 aliphatic rings. The first-order chi connectivity index (χ1) is 11.3. The summed E-state index contributed by atoms with van der Waals surface area (Å²) in [6.07, 6.45) is 4.85. The van der Waals surface area contributed by atoms with Crippen LogP contribution in [0.25, 0.3) is 0 Å². The molecule has 3 rings (SSSR count). The highest BCUT2D eigenvalue weighted by Crippen LogP contribution is 2.29. The number of para-hydroxylation sites is 3. The molecule has 2 N–H and O–H groups in total. The lowest BCUT2D eigenvalue weighted by Gasteiger charge is -2.14. The molecule has 120 valence electrons. The molecule has 0 radical (unpaired) electrons. The van der Waals surface area contributed by atoms with E-state index < -0.39 is 0 Å². The van der Waals surface area contributed by atoms with Gasteiger partial charge in [-0.1, -0.05) is 43.2 Å². The molecule has 2 aromatic rings. The summed E-state index contributed by atoms with van der Waals surface area (Å²) in [6, 6.07) is 17.5. The molecule has 1 aliphatic carbocycles. The fraction of sp³-hybridized carbons (Fsp3) is 0.316. The number of hydrogen-bond donors (Lipinski definition) is 2. The van der Waals surface area contributed by atoms with Crippen LogP contribution in [0.3, 0.4) is 0 Å². The van der Waals surface area contributed by atoms with Crippen LogP contribution in [0.15, 0.2) is 54.6 Å². The Labute approximate surface area is 136 Å². The van der Waals surface area contributed by atoms with Gasteiger partial charge < -0.3 is 15.4 Å². The van der Waals surface area contributed by atoms with Crippen LogP contribution in [0, 0.1) is 0 Å². The number of hydrogen-bond acceptors (Lipinski definition) is 3. The van der Waals surface area contributed by atoms with E-state index in [1.54, 1.807) is 0 Å². The van der Waals surface area contributed by atoms with Crippen LogP contribution in [0.1, 0.15) is 25.7 Å². The molecule has 0 unspecified atom stereocenters. The molecule has 0 heterocycles. The molecule has 0 saturated heterocycles. The van der Waals surface area contributed by atoms with Crippen LogP contribution < -0.4 is 15.4 Å². The second-order valence-electron chi connectivity index (χ2n) is 5.82. The maximum atomic E-state index is 12.1. The second kappa shape index (κ2) is 7.79. The molecule has 1 amide bonds. The number of rotatable bonds is 6. The van der Waals surface area contributed by atoms with Crippen molar-refractivity contribution in [1.29, 1.82) is 0 Å². The molecule has 0 spiro atoms. The minimum atomic E-state index is -0.0407. The quantitative estimate of drug-likeness (QED) is 0.849. The Morgan fingerprint density at radius 3 is 2.48 bits per heavy atom. The minimum absolute atomic E-state index is 0.0407. The molecule has 23 heavy (non-hydrogen) atoms. The molecule has 1 saturated carbocycles. The van der Waals surface area contributed by atoms with Crippen molar-refractivity contribution in [3.05, 3.63) is 54.6 Å². The normalized spacial score (nSPS) is 14.6. The van der Waals surface area contributed by atoms with Crippen molar-refractivity contribution in [2.45, 2.75) is 31.7 Å². The zero-order valence-electron chi connectivity index (χ0n) is 13.1. The van der Waals surface area contributed by atoms with Gasteiger partial charge in [-0.05, 0) is 37.1 Å². The summed E-state index contributed by atoms with van der Waals surface area (Å²) in [6.45, 7) is 0.338. The van der Waals surface area contributed by atoms with Gasteiger partial charge in [-0.3, -0.25) is 4.79 Å². The van der Waals surface area contributed by atoms with Gasteiger partial charge in [0.15, 0.2) is 5.75 Å². The predicted octanol–water partition coefficient (Wildman–Crippen LogP) is 3.95. The number of amides is 1. The van der Waals surface area contributed by atoms with Crippen LogP contribution in [0.2, 0.25) is 0 Å². The van der Waals surface area contributed by atoms with Crippen molar-refractivity contribution in [2.24, 2.45) is 0 Å². The summed E-state index contributed by atoms with van der Waals surface area (Å²) in [5, 5.41) is 6.25. The average molecular weight is 310 g/mol. The number of nitrogens with one attached hydrogen (secondary N) is 2. The second-order valence-corrected chi connectivity index (χ2v) is 5.82. The zero-order valence-corrected chi connectivity index (χ0v) is 13.1. The van der Waals surface area contributed by atoms with Crippen molar-refractivity contribution in [3.8, 4) is 11.5 Å². The van der Waals surface area contributed by atoms with Crippen molar-refractivity contribution >= 4 is 11.6 Å². The average Bonchev–Trinajstić information content (AvgIpc) is 3.09. The van der Waals surface area contributed by atoms with E-state index in [1.165, 1.54) is 25.7 Å². The van der Waals surface area contributed by atoms with Crippen LogP contribution in [-0.2, 0) is 4.79 Å². The van der Waals surface area contributed by atoms with Crippen molar-refractivity contribution in [1.82, 2.24) is 5.32 Å². The van der Waals surface area contributed by atoms with E-state index in [2.05, 4.69) is 10.6 Å². The number of carbonyl (C=O) groups excluding carboxylic acids is 1. The minimum Gasteiger partial charge on any atom is -0.455 e. The fourth-order valence-corrected chi connectivity index (χ4v) is 2.84. The molecule has 4 heteroatoms. The molecule has 0 aromatic heterocycles. The van der Waals surface area contributed by atoms with Crippen molar-refractivity contribution in [2.75, 3.05) is 11.9 Å². The van der Waals surface area contributed by atoms with Crippen molar-refractivity contribution in [3.63, 3.8) is 0 Å². The van der Waals surface area contributed by atoms with Gasteiger partial charge >= 0.3 is 0 Å². The van der Waals surface area contributed by atoms with Crippen molar-refractivity contribution < 1.29 is 9.53 Å². The van der Waals surface area contributed by atoms with Crippen LogP contribution in [-0.4, -0.2) is 18.5 Å².